The van der Waals surface area contributed by atoms with Gasteiger partial charge in [-0.25, -0.2) is 16.8 Å². The molecule has 1 unspecified atom stereocenters. The summed E-state index contributed by atoms with van der Waals surface area (Å²) in [5, 5.41) is 2.15. The van der Waals surface area contributed by atoms with E-state index >= 15 is 0 Å². The van der Waals surface area contributed by atoms with Crippen molar-refractivity contribution in [1.29, 1.82) is 0 Å². The molecule has 0 saturated carbocycles. The van der Waals surface area contributed by atoms with Gasteiger partial charge in [-0.1, -0.05) is 0 Å². The van der Waals surface area contributed by atoms with Gasteiger partial charge in [-0.2, -0.15) is 4.31 Å². The topological polar surface area (TPSA) is 83.6 Å². The van der Waals surface area contributed by atoms with Gasteiger partial charge >= 0.3 is 0 Å². The van der Waals surface area contributed by atoms with Crippen molar-refractivity contribution in [3.8, 4) is 0 Å². The van der Waals surface area contributed by atoms with Crippen molar-refractivity contribution in [3.63, 3.8) is 0 Å². The normalized spacial score (nSPS) is 34.6. The highest BCUT2D eigenvalue weighted by molar-refractivity contribution is 7.94. The van der Waals surface area contributed by atoms with E-state index in [1.807, 2.05) is 0 Å². The first-order valence-electron chi connectivity index (χ1n) is 5.35. The van der Waals surface area contributed by atoms with E-state index in [2.05, 4.69) is 5.32 Å². The lowest BCUT2D eigenvalue weighted by Crippen LogP contribution is -2.44. The van der Waals surface area contributed by atoms with Crippen molar-refractivity contribution >= 4 is 19.9 Å². The summed E-state index contributed by atoms with van der Waals surface area (Å²) < 4.78 is 48.4. The predicted octanol–water partition coefficient (Wildman–Crippen LogP) is -1.24. The number of sulfonamides is 1. The zero-order valence-corrected chi connectivity index (χ0v) is 10.6. The second-order valence-electron chi connectivity index (χ2n) is 4.14. The lowest BCUT2D eigenvalue weighted by atomic mass is 10.3. The maximum absolute atomic E-state index is 11.9. The van der Waals surface area contributed by atoms with Crippen molar-refractivity contribution in [2.75, 3.05) is 31.1 Å². The van der Waals surface area contributed by atoms with Crippen molar-refractivity contribution in [1.82, 2.24) is 9.62 Å². The molecule has 8 heteroatoms. The Morgan fingerprint density at radius 1 is 1.06 bits per heavy atom. The largest absolute Gasteiger partial charge is 0.314 e. The van der Waals surface area contributed by atoms with E-state index in [-0.39, 0.29) is 18.1 Å². The molecule has 2 saturated heterocycles. The minimum atomic E-state index is -3.42. The Morgan fingerprint density at radius 2 is 1.81 bits per heavy atom. The van der Waals surface area contributed by atoms with Crippen molar-refractivity contribution in [3.05, 3.63) is 0 Å². The zero-order valence-electron chi connectivity index (χ0n) is 8.92. The fourth-order valence-corrected chi connectivity index (χ4v) is 6.28. The molecule has 1 atom stereocenters. The van der Waals surface area contributed by atoms with Crippen LogP contribution in [0.5, 0.6) is 0 Å². The van der Waals surface area contributed by atoms with Crippen LogP contribution in [-0.4, -0.2) is 57.7 Å². The molecule has 0 spiro atoms. The van der Waals surface area contributed by atoms with Gasteiger partial charge in [0.05, 0.1) is 11.5 Å². The van der Waals surface area contributed by atoms with Gasteiger partial charge in [-0.05, 0) is 12.8 Å². The Labute approximate surface area is 96.0 Å². The van der Waals surface area contributed by atoms with Crippen molar-refractivity contribution in [2.24, 2.45) is 0 Å². The van der Waals surface area contributed by atoms with E-state index in [0.29, 0.717) is 25.9 Å². The van der Waals surface area contributed by atoms with Crippen LogP contribution in [0.25, 0.3) is 0 Å². The van der Waals surface area contributed by atoms with E-state index in [1.165, 1.54) is 4.31 Å². The van der Waals surface area contributed by atoms with Crippen LogP contribution in [0, 0.1) is 0 Å². The molecule has 0 radical (unpaired) electrons. The third-order valence-electron chi connectivity index (χ3n) is 3.02. The molecule has 0 aliphatic carbocycles. The number of hydrogen-bond acceptors (Lipinski definition) is 5. The van der Waals surface area contributed by atoms with Crippen LogP contribution < -0.4 is 5.32 Å². The van der Waals surface area contributed by atoms with Crippen LogP contribution in [0.3, 0.4) is 0 Å². The number of sulfone groups is 1. The lowest BCUT2D eigenvalue weighted by molar-refractivity contribution is 0.381. The Bertz CT molecular complexity index is 456. The maximum Gasteiger partial charge on any atom is 0.216 e. The van der Waals surface area contributed by atoms with Gasteiger partial charge in [-0.15, -0.1) is 0 Å². The smallest absolute Gasteiger partial charge is 0.216 e. The quantitative estimate of drug-likeness (QED) is 0.643. The first-order valence-corrected chi connectivity index (χ1v) is 8.68. The van der Waals surface area contributed by atoms with Gasteiger partial charge in [0.25, 0.3) is 0 Å². The van der Waals surface area contributed by atoms with Crippen LogP contribution in [0.2, 0.25) is 0 Å². The highest BCUT2D eigenvalue weighted by Crippen LogP contribution is 2.26. The van der Waals surface area contributed by atoms with Crippen LogP contribution in [-0.2, 0) is 19.9 Å². The summed E-state index contributed by atoms with van der Waals surface area (Å²) in [5.41, 5.74) is 0. The van der Waals surface area contributed by atoms with Gasteiger partial charge < -0.3 is 5.32 Å². The average Bonchev–Trinajstić information content (AvgIpc) is 2.40. The summed E-state index contributed by atoms with van der Waals surface area (Å²) in [6, 6.07) is 0. The SMILES string of the molecule is O=S1(=O)CCCC1N1CCNCCS1(=O)=O. The maximum atomic E-state index is 11.9. The molecule has 2 fully saturated rings. The second kappa shape index (κ2) is 4.25. The predicted molar refractivity (Wildman–Crippen MR) is 60.2 cm³/mol. The third kappa shape index (κ3) is 2.24. The molecule has 94 valence electrons. The minimum Gasteiger partial charge on any atom is -0.314 e. The Morgan fingerprint density at radius 3 is 2.44 bits per heavy atom. The summed E-state index contributed by atoms with van der Waals surface area (Å²) in [7, 11) is -6.68. The van der Waals surface area contributed by atoms with E-state index < -0.39 is 25.2 Å². The molecule has 6 nitrogen and oxygen atoms in total. The molecule has 0 aromatic carbocycles. The monoisotopic (exact) mass is 268 g/mol. The van der Waals surface area contributed by atoms with E-state index in [0.717, 1.165) is 0 Å². The van der Waals surface area contributed by atoms with Crippen LogP contribution in [0.4, 0.5) is 0 Å². The molecule has 0 aromatic heterocycles. The number of rotatable bonds is 1. The van der Waals surface area contributed by atoms with Gasteiger partial charge in [0, 0.05) is 19.6 Å². The molecule has 2 heterocycles. The Balaban J connectivity index is 2.31. The standard InChI is InChI=1S/C8H16N2O4S2/c11-15(12)6-1-2-8(15)10-5-3-9-4-7-16(10,13)14/h8-9H,1-7H2. The molecular weight excluding hydrogens is 252 g/mol. The number of hydrogen-bond donors (Lipinski definition) is 1. The Hall–Kier alpha value is -0.180. The molecule has 1 N–H and O–H groups in total. The fraction of sp³-hybridized carbons (Fsp3) is 1.00. The molecule has 0 amide bonds. The van der Waals surface area contributed by atoms with Gasteiger partial charge in [0.1, 0.15) is 5.37 Å². The zero-order chi connectivity index (χ0) is 11.8. The van der Waals surface area contributed by atoms with Crippen LogP contribution >= 0.6 is 0 Å². The molecule has 2 aliphatic rings. The number of nitrogens with zero attached hydrogens (tertiary/aromatic N) is 1. The molecule has 0 aromatic rings. The Kier molecular flexibility index (Phi) is 3.26. The molecule has 2 aliphatic heterocycles. The van der Waals surface area contributed by atoms with Crippen molar-refractivity contribution in [2.45, 2.75) is 18.2 Å². The van der Waals surface area contributed by atoms with E-state index in [9.17, 15) is 16.8 Å². The number of nitrogens with one attached hydrogen (secondary N) is 1. The highest BCUT2D eigenvalue weighted by atomic mass is 32.2. The highest BCUT2D eigenvalue weighted by Gasteiger charge is 2.41. The van der Waals surface area contributed by atoms with Gasteiger partial charge in [0.2, 0.25) is 10.0 Å². The molecule has 2 rings (SSSR count). The third-order valence-corrected chi connectivity index (χ3v) is 7.20. The average molecular weight is 268 g/mol. The summed E-state index contributed by atoms with van der Waals surface area (Å²) in [6.07, 6.45) is 0.994. The van der Waals surface area contributed by atoms with E-state index in [1.54, 1.807) is 0 Å². The molecule has 0 bridgehead atoms. The van der Waals surface area contributed by atoms with E-state index in [4.69, 9.17) is 0 Å². The first-order chi connectivity index (χ1) is 7.43. The molecular formula is C8H16N2O4S2. The molecule has 16 heavy (non-hydrogen) atoms. The summed E-state index contributed by atoms with van der Waals surface area (Å²) in [6.45, 7) is 1.17. The first kappa shape index (κ1) is 12.3. The van der Waals surface area contributed by atoms with Crippen LogP contribution in [0.15, 0.2) is 0 Å². The summed E-state index contributed by atoms with van der Waals surface area (Å²) in [5.74, 6) is 0.0934. The summed E-state index contributed by atoms with van der Waals surface area (Å²) >= 11 is 0. The van der Waals surface area contributed by atoms with Crippen LogP contribution in [0.1, 0.15) is 12.8 Å². The van der Waals surface area contributed by atoms with Crippen molar-refractivity contribution < 1.29 is 16.8 Å². The lowest BCUT2D eigenvalue weighted by Gasteiger charge is -2.24. The van der Waals surface area contributed by atoms with Gasteiger partial charge in [-0.3, -0.25) is 0 Å². The van der Waals surface area contributed by atoms with Gasteiger partial charge in [0.15, 0.2) is 9.84 Å². The fourth-order valence-electron chi connectivity index (χ4n) is 2.19. The second-order valence-corrected chi connectivity index (χ2v) is 8.46. The summed E-state index contributed by atoms with van der Waals surface area (Å²) in [4.78, 5) is 0. The minimum absolute atomic E-state index is 0.0149.